The van der Waals surface area contributed by atoms with Crippen molar-refractivity contribution in [2.24, 2.45) is 0 Å². The van der Waals surface area contributed by atoms with E-state index in [1.165, 1.54) is 0 Å². The lowest BCUT2D eigenvalue weighted by atomic mass is 10.0. The standard InChI is InChI=1S/C30H34N2O4/c1-3-31-30(34)26(19-23-9-5-4-6-10-23)32(21-25-11-7-8-22(2)18-25)29(33)15-13-24-12-14-27-28(20-24)36-17-16-35-27/h4-12,14,18,20,26H,3,13,15-17,19,21H2,1-2H3,(H,31,34)/t26-/m1/s1. The van der Waals surface area contributed by atoms with Gasteiger partial charge >= 0.3 is 0 Å². The van der Waals surface area contributed by atoms with Crippen LogP contribution in [0.5, 0.6) is 11.5 Å². The van der Waals surface area contributed by atoms with Crippen molar-refractivity contribution in [2.75, 3.05) is 19.8 Å². The van der Waals surface area contributed by atoms with Gasteiger partial charge in [0.2, 0.25) is 11.8 Å². The zero-order valence-electron chi connectivity index (χ0n) is 21.0. The molecule has 0 saturated carbocycles. The highest BCUT2D eigenvalue weighted by Gasteiger charge is 2.30. The van der Waals surface area contributed by atoms with E-state index < -0.39 is 6.04 Å². The van der Waals surface area contributed by atoms with Crippen molar-refractivity contribution in [2.45, 2.75) is 45.7 Å². The minimum absolute atomic E-state index is 0.0569. The van der Waals surface area contributed by atoms with Crippen LogP contribution >= 0.6 is 0 Å². The topological polar surface area (TPSA) is 67.9 Å². The minimum atomic E-state index is -0.611. The predicted molar refractivity (Wildman–Crippen MR) is 140 cm³/mol. The molecule has 0 unspecified atom stereocenters. The number of hydrogen-bond donors (Lipinski definition) is 1. The second-order valence-corrected chi connectivity index (χ2v) is 9.09. The molecule has 6 nitrogen and oxygen atoms in total. The molecular formula is C30H34N2O4. The highest BCUT2D eigenvalue weighted by atomic mass is 16.6. The van der Waals surface area contributed by atoms with Crippen molar-refractivity contribution >= 4 is 11.8 Å². The summed E-state index contributed by atoms with van der Waals surface area (Å²) in [5, 5.41) is 2.94. The molecule has 0 spiro atoms. The van der Waals surface area contributed by atoms with Gasteiger partial charge < -0.3 is 19.7 Å². The summed E-state index contributed by atoms with van der Waals surface area (Å²) < 4.78 is 11.3. The Bertz CT molecular complexity index is 1180. The van der Waals surface area contributed by atoms with Crippen molar-refractivity contribution in [3.05, 3.63) is 95.1 Å². The highest BCUT2D eigenvalue weighted by Crippen LogP contribution is 2.31. The normalized spacial score (nSPS) is 13.1. The van der Waals surface area contributed by atoms with Crippen LogP contribution in [0.4, 0.5) is 0 Å². The van der Waals surface area contributed by atoms with Crippen LogP contribution in [0, 0.1) is 6.92 Å². The Morgan fingerprint density at radius 2 is 1.64 bits per heavy atom. The minimum Gasteiger partial charge on any atom is -0.486 e. The van der Waals surface area contributed by atoms with Gasteiger partial charge in [-0.05, 0) is 49.1 Å². The lowest BCUT2D eigenvalue weighted by Crippen LogP contribution is -2.50. The van der Waals surface area contributed by atoms with Gasteiger partial charge in [0.05, 0.1) is 0 Å². The molecule has 4 rings (SSSR count). The first kappa shape index (κ1) is 25.3. The van der Waals surface area contributed by atoms with Gasteiger partial charge in [0.15, 0.2) is 11.5 Å². The molecule has 1 N–H and O–H groups in total. The fourth-order valence-corrected chi connectivity index (χ4v) is 4.49. The van der Waals surface area contributed by atoms with Crippen molar-refractivity contribution in [1.82, 2.24) is 10.2 Å². The third kappa shape index (κ3) is 6.66. The predicted octanol–water partition coefficient (Wildman–Crippen LogP) is 4.48. The van der Waals surface area contributed by atoms with Gasteiger partial charge in [0.1, 0.15) is 19.3 Å². The second kappa shape index (κ2) is 12.2. The molecule has 0 radical (unpaired) electrons. The molecule has 3 aromatic carbocycles. The average Bonchev–Trinajstić information content (AvgIpc) is 2.90. The van der Waals surface area contributed by atoms with Gasteiger partial charge in [-0.15, -0.1) is 0 Å². The molecule has 1 aliphatic rings. The van der Waals surface area contributed by atoms with E-state index in [-0.39, 0.29) is 18.2 Å². The summed E-state index contributed by atoms with van der Waals surface area (Å²) in [4.78, 5) is 28.7. The Morgan fingerprint density at radius 1 is 0.889 bits per heavy atom. The molecule has 1 heterocycles. The van der Waals surface area contributed by atoms with E-state index in [0.717, 1.165) is 28.0 Å². The fraction of sp³-hybridized carbons (Fsp3) is 0.333. The van der Waals surface area contributed by atoms with Crippen LogP contribution in [0.25, 0.3) is 0 Å². The number of nitrogens with zero attached hydrogens (tertiary/aromatic N) is 1. The molecule has 0 fully saturated rings. The van der Waals surface area contributed by atoms with E-state index in [9.17, 15) is 9.59 Å². The third-order valence-corrected chi connectivity index (χ3v) is 6.29. The summed E-state index contributed by atoms with van der Waals surface area (Å²) in [5.74, 6) is 1.25. The molecule has 0 aromatic heterocycles. The van der Waals surface area contributed by atoms with Crippen LogP contribution in [0.15, 0.2) is 72.8 Å². The number of amides is 2. The largest absolute Gasteiger partial charge is 0.486 e. The summed E-state index contributed by atoms with van der Waals surface area (Å²) in [5.41, 5.74) is 4.14. The molecule has 3 aromatic rings. The van der Waals surface area contributed by atoms with Gasteiger partial charge in [-0.3, -0.25) is 9.59 Å². The fourth-order valence-electron chi connectivity index (χ4n) is 4.49. The number of fused-ring (bicyclic) bond motifs is 1. The summed E-state index contributed by atoms with van der Waals surface area (Å²) in [6.07, 6.45) is 1.29. The summed E-state index contributed by atoms with van der Waals surface area (Å²) >= 11 is 0. The van der Waals surface area contributed by atoms with Gasteiger partial charge in [-0.2, -0.15) is 0 Å². The number of carbonyl (C=O) groups is 2. The lowest BCUT2D eigenvalue weighted by Gasteiger charge is -2.31. The Balaban J connectivity index is 1.58. The van der Waals surface area contributed by atoms with Gasteiger partial charge in [0, 0.05) is 25.9 Å². The molecule has 0 aliphatic carbocycles. The molecule has 2 amide bonds. The summed E-state index contributed by atoms with van der Waals surface area (Å²) in [7, 11) is 0. The van der Waals surface area contributed by atoms with Crippen LogP contribution in [-0.2, 0) is 29.0 Å². The van der Waals surface area contributed by atoms with Gasteiger partial charge in [-0.1, -0.05) is 66.2 Å². The first-order valence-electron chi connectivity index (χ1n) is 12.6. The van der Waals surface area contributed by atoms with Crippen molar-refractivity contribution in [1.29, 1.82) is 0 Å². The molecule has 0 saturated heterocycles. The molecule has 36 heavy (non-hydrogen) atoms. The van der Waals surface area contributed by atoms with E-state index in [4.69, 9.17) is 9.47 Å². The maximum Gasteiger partial charge on any atom is 0.243 e. The second-order valence-electron chi connectivity index (χ2n) is 9.09. The summed E-state index contributed by atoms with van der Waals surface area (Å²) in [6, 6.07) is 23.1. The lowest BCUT2D eigenvalue weighted by molar-refractivity contribution is -0.141. The maximum absolute atomic E-state index is 13.7. The molecular weight excluding hydrogens is 452 g/mol. The van der Waals surface area contributed by atoms with E-state index in [1.54, 1.807) is 4.90 Å². The third-order valence-electron chi connectivity index (χ3n) is 6.29. The number of hydrogen-bond acceptors (Lipinski definition) is 4. The SMILES string of the molecule is CCNC(=O)[C@@H](Cc1ccccc1)N(Cc1cccc(C)c1)C(=O)CCc1ccc2c(c1)OCCO2. The Hall–Kier alpha value is -3.80. The Labute approximate surface area is 213 Å². The van der Waals surface area contributed by atoms with Crippen LogP contribution in [0.2, 0.25) is 0 Å². The van der Waals surface area contributed by atoms with Crippen molar-refractivity contribution in [3.63, 3.8) is 0 Å². The van der Waals surface area contributed by atoms with Gasteiger partial charge in [-0.25, -0.2) is 0 Å². The number of benzene rings is 3. The maximum atomic E-state index is 13.7. The van der Waals surface area contributed by atoms with E-state index >= 15 is 0 Å². The summed E-state index contributed by atoms with van der Waals surface area (Å²) in [6.45, 7) is 5.87. The number of aryl methyl sites for hydroxylation is 2. The van der Waals surface area contributed by atoms with E-state index in [2.05, 4.69) is 11.4 Å². The molecule has 0 bridgehead atoms. The number of ether oxygens (including phenoxy) is 2. The number of nitrogens with one attached hydrogen (secondary N) is 1. The Morgan fingerprint density at radius 3 is 2.39 bits per heavy atom. The van der Waals surface area contributed by atoms with Crippen LogP contribution in [0.3, 0.4) is 0 Å². The first-order valence-corrected chi connectivity index (χ1v) is 12.6. The highest BCUT2D eigenvalue weighted by molar-refractivity contribution is 5.88. The van der Waals surface area contributed by atoms with Crippen LogP contribution < -0.4 is 14.8 Å². The molecule has 6 heteroatoms. The number of carbonyl (C=O) groups excluding carboxylic acids is 2. The molecule has 188 valence electrons. The number of likely N-dealkylation sites (N-methyl/N-ethyl adjacent to an activating group) is 1. The van der Waals surface area contributed by atoms with Crippen LogP contribution in [-0.4, -0.2) is 42.5 Å². The van der Waals surface area contributed by atoms with E-state index in [0.29, 0.717) is 44.9 Å². The molecule has 1 atom stereocenters. The Kier molecular flexibility index (Phi) is 8.61. The molecule has 1 aliphatic heterocycles. The van der Waals surface area contributed by atoms with Crippen molar-refractivity contribution < 1.29 is 19.1 Å². The first-order chi connectivity index (χ1) is 17.5. The van der Waals surface area contributed by atoms with Gasteiger partial charge in [0.25, 0.3) is 0 Å². The zero-order valence-corrected chi connectivity index (χ0v) is 21.0. The van der Waals surface area contributed by atoms with E-state index in [1.807, 2.05) is 80.6 Å². The number of rotatable bonds is 10. The van der Waals surface area contributed by atoms with Crippen LogP contribution in [0.1, 0.15) is 35.6 Å². The quantitative estimate of drug-likeness (QED) is 0.459. The zero-order chi connectivity index (χ0) is 25.3. The smallest absolute Gasteiger partial charge is 0.243 e. The monoisotopic (exact) mass is 486 g/mol. The average molecular weight is 487 g/mol. The van der Waals surface area contributed by atoms with Crippen molar-refractivity contribution in [3.8, 4) is 11.5 Å².